The fourth-order valence-corrected chi connectivity index (χ4v) is 3.78. The Morgan fingerprint density at radius 2 is 1.96 bits per heavy atom. The lowest BCUT2D eigenvalue weighted by Crippen LogP contribution is -2.43. The maximum atomic E-state index is 12.2. The zero-order valence-electron chi connectivity index (χ0n) is 17.6. The number of ketones is 1. The number of rotatable bonds is 9. The highest BCUT2D eigenvalue weighted by Crippen LogP contribution is 2.38. The summed E-state index contributed by atoms with van der Waals surface area (Å²) in [5.74, 6) is 0.0477. The lowest BCUT2D eigenvalue weighted by Gasteiger charge is -2.37. The predicted molar refractivity (Wildman–Crippen MR) is 109 cm³/mol. The van der Waals surface area contributed by atoms with Crippen molar-refractivity contribution in [3.05, 3.63) is 23.8 Å². The van der Waals surface area contributed by atoms with E-state index in [0.29, 0.717) is 19.3 Å². The predicted octanol–water partition coefficient (Wildman–Crippen LogP) is 5.34. The average molecular weight is 381 g/mol. The Hall–Kier alpha value is -1.20. The van der Waals surface area contributed by atoms with Gasteiger partial charge in [0.1, 0.15) is 0 Å². The van der Waals surface area contributed by atoms with Crippen LogP contribution in [-0.2, 0) is 18.8 Å². The van der Waals surface area contributed by atoms with Crippen LogP contribution in [0.2, 0.25) is 18.1 Å². The summed E-state index contributed by atoms with van der Waals surface area (Å²) in [5, 5.41) is 0.142. The molecule has 1 unspecified atom stereocenters. The first-order chi connectivity index (χ1) is 11.9. The number of carbonyl (C=O) groups excluding carboxylic acids is 2. The number of Topliss-reactive ketones (excluding diaryl/α,β-unsaturated/α-hetero) is 1. The Balaban J connectivity index is 2.40. The summed E-state index contributed by atoms with van der Waals surface area (Å²) in [4.78, 5) is 23.7. The second kappa shape index (κ2) is 9.65. The minimum Gasteiger partial charge on any atom is -0.463 e. The molecule has 5 heteroatoms. The second-order valence-corrected chi connectivity index (χ2v) is 13.6. The van der Waals surface area contributed by atoms with Crippen LogP contribution in [0, 0.1) is 0 Å². The number of hydrogen-bond acceptors (Lipinski definition) is 4. The number of carbonyl (C=O) groups is 2. The van der Waals surface area contributed by atoms with Gasteiger partial charge in [-0.1, -0.05) is 32.9 Å². The molecule has 0 fully saturated rings. The fraction of sp³-hybridized carbons (Fsp3) is 0.714. The lowest BCUT2D eigenvalue weighted by atomic mass is 10.1. The zero-order chi connectivity index (χ0) is 20.0. The Morgan fingerprint density at radius 3 is 2.54 bits per heavy atom. The molecule has 0 spiro atoms. The van der Waals surface area contributed by atoms with Crippen molar-refractivity contribution in [1.82, 2.24) is 0 Å². The average Bonchev–Trinajstić information content (AvgIpc) is 2.79. The van der Waals surface area contributed by atoms with E-state index < -0.39 is 8.32 Å². The normalized spacial score (nSPS) is 18.7. The molecule has 4 nitrogen and oxygen atoms in total. The third-order valence-electron chi connectivity index (χ3n) is 5.01. The summed E-state index contributed by atoms with van der Waals surface area (Å²) < 4.78 is 11.4. The molecule has 0 aliphatic heterocycles. The fourth-order valence-electron chi connectivity index (χ4n) is 2.52. The number of esters is 1. The first-order valence-corrected chi connectivity index (χ1v) is 12.6. The van der Waals surface area contributed by atoms with Crippen molar-refractivity contribution in [3.63, 3.8) is 0 Å². The molecule has 0 saturated heterocycles. The second-order valence-electron chi connectivity index (χ2n) is 8.84. The van der Waals surface area contributed by atoms with Gasteiger partial charge in [-0.15, -0.1) is 0 Å². The van der Waals surface area contributed by atoms with E-state index in [0.717, 1.165) is 18.4 Å². The number of ether oxygens (including phenoxy) is 1. The van der Waals surface area contributed by atoms with Crippen LogP contribution in [0.3, 0.4) is 0 Å². The van der Waals surface area contributed by atoms with E-state index in [2.05, 4.69) is 33.9 Å². The van der Waals surface area contributed by atoms with Crippen LogP contribution in [0.5, 0.6) is 0 Å². The van der Waals surface area contributed by atoms with E-state index >= 15 is 0 Å². The third kappa shape index (κ3) is 7.58. The van der Waals surface area contributed by atoms with Gasteiger partial charge in [-0.3, -0.25) is 9.59 Å². The van der Waals surface area contributed by atoms with Crippen molar-refractivity contribution in [1.29, 1.82) is 0 Å². The SMILES string of the molecule is CC(C)OC(=O)CCCC=CCC1=CC(O[Si](C)(C)C(C)(C)C)CC1=O. The molecule has 0 aromatic rings. The van der Waals surface area contributed by atoms with Crippen molar-refractivity contribution in [2.24, 2.45) is 0 Å². The summed E-state index contributed by atoms with van der Waals surface area (Å²) in [5.41, 5.74) is 0.851. The van der Waals surface area contributed by atoms with E-state index in [9.17, 15) is 9.59 Å². The molecule has 0 aromatic heterocycles. The molecule has 0 N–H and O–H groups in total. The van der Waals surface area contributed by atoms with Crippen molar-refractivity contribution >= 4 is 20.1 Å². The van der Waals surface area contributed by atoms with Crippen LogP contribution in [0.4, 0.5) is 0 Å². The van der Waals surface area contributed by atoms with Gasteiger partial charge in [-0.05, 0) is 62.9 Å². The van der Waals surface area contributed by atoms with Crippen LogP contribution >= 0.6 is 0 Å². The molecule has 0 amide bonds. The Kier molecular flexibility index (Phi) is 8.48. The van der Waals surface area contributed by atoms with Crippen molar-refractivity contribution in [2.75, 3.05) is 0 Å². The standard InChI is InChI=1S/C21H36O4Si/c1-16(2)24-20(23)13-11-9-8-10-12-17-14-18(15-19(17)22)25-26(6,7)21(3,4)5/h8,10,14,16,18H,9,11-13,15H2,1-7H3. The van der Waals surface area contributed by atoms with Crippen molar-refractivity contribution < 1.29 is 18.8 Å². The number of unbranched alkanes of at least 4 members (excludes halogenated alkanes) is 1. The molecule has 0 heterocycles. The summed E-state index contributed by atoms with van der Waals surface area (Å²) in [6.07, 6.45) is 9.08. The molecular formula is C21H36O4Si. The molecular weight excluding hydrogens is 344 g/mol. The van der Waals surface area contributed by atoms with E-state index in [1.165, 1.54) is 0 Å². The van der Waals surface area contributed by atoms with Gasteiger partial charge in [0.25, 0.3) is 0 Å². The van der Waals surface area contributed by atoms with E-state index in [1.54, 1.807) is 0 Å². The van der Waals surface area contributed by atoms with Crippen LogP contribution < -0.4 is 0 Å². The lowest BCUT2D eigenvalue weighted by molar-refractivity contribution is -0.147. The quantitative estimate of drug-likeness (QED) is 0.234. The maximum absolute atomic E-state index is 12.2. The highest BCUT2D eigenvalue weighted by molar-refractivity contribution is 6.74. The van der Waals surface area contributed by atoms with Gasteiger partial charge in [0.05, 0.1) is 12.2 Å². The molecule has 0 bridgehead atoms. The number of hydrogen-bond donors (Lipinski definition) is 0. The Morgan fingerprint density at radius 1 is 1.31 bits per heavy atom. The highest BCUT2D eigenvalue weighted by atomic mass is 28.4. The molecule has 1 aliphatic carbocycles. The van der Waals surface area contributed by atoms with Crippen LogP contribution in [0.1, 0.15) is 66.7 Å². The first kappa shape index (κ1) is 22.8. The van der Waals surface area contributed by atoms with E-state index in [4.69, 9.17) is 9.16 Å². The molecule has 0 aromatic carbocycles. The minimum absolute atomic E-state index is 0.0557. The molecule has 1 aliphatic rings. The maximum Gasteiger partial charge on any atom is 0.306 e. The summed E-state index contributed by atoms with van der Waals surface area (Å²) in [6, 6.07) is 0. The largest absolute Gasteiger partial charge is 0.463 e. The molecule has 0 saturated carbocycles. The zero-order valence-corrected chi connectivity index (χ0v) is 18.6. The Labute approximate surface area is 160 Å². The van der Waals surface area contributed by atoms with Gasteiger partial charge < -0.3 is 9.16 Å². The van der Waals surface area contributed by atoms with Gasteiger partial charge in [0, 0.05) is 12.8 Å². The molecule has 26 heavy (non-hydrogen) atoms. The molecule has 148 valence electrons. The van der Waals surface area contributed by atoms with E-state index in [-0.39, 0.29) is 29.0 Å². The van der Waals surface area contributed by atoms with Gasteiger partial charge >= 0.3 is 5.97 Å². The summed E-state index contributed by atoms with van der Waals surface area (Å²) >= 11 is 0. The highest BCUT2D eigenvalue weighted by Gasteiger charge is 2.40. The van der Waals surface area contributed by atoms with Crippen LogP contribution in [-0.4, -0.2) is 32.3 Å². The topological polar surface area (TPSA) is 52.6 Å². The summed E-state index contributed by atoms with van der Waals surface area (Å²) in [7, 11) is -1.86. The first-order valence-electron chi connectivity index (χ1n) is 9.68. The molecule has 1 atom stereocenters. The van der Waals surface area contributed by atoms with Crippen molar-refractivity contribution in [3.8, 4) is 0 Å². The minimum atomic E-state index is -1.86. The van der Waals surface area contributed by atoms with Crippen LogP contribution in [0.15, 0.2) is 23.8 Å². The Bertz CT molecular complexity index is 553. The van der Waals surface area contributed by atoms with Gasteiger partial charge in [-0.25, -0.2) is 0 Å². The monoisotopic (exact) mass is 380 g/mol. The number of allylic oxidation sites excluding steroid dienone is 3. The van der Waals surface area contributed by atoms with Gasteiger partial charge in [0.15, 0.2) is 14.1 Å². The van der Waals surface area contributed by atoms with Gasteiger partial charge in [0.2, 0.25) is 0 Å². The van der Waals surface area contributed by atoms with Gasteiger partial charge in [-0.2, -0.15) is 0 Å². The van der Waals surface area contributed by atoms with E-state index in [1.807, 2.05) is 32.1 Å². The van der Waals surface area contributed by atoms with Crippen LogP contribution in [0.25, 0.3) is 0 Å². The molecule has 1 rings (SSSR count). The molecule has 0 radical (unpaired) electrons. The smallest absolute Gasteiger partial charge is 0.306 e. The third-order valence-corrected chi connectivity index (χ3v) is 9.51. The summed E-state index contributed by atoms with van der Waals surface area (Å²) in [6.45, 7) is 14.8. The van der Waals surface area contributed by atoms with Crippen molar-refractivity contribution in [2.45, 2.75) is 97.1 Å².